The molecule has 138 valence electrons. The molecular weight excluding hydrogens is 351 g/mol. The molecule has 6 heteroatoms. The van der Waals surface area contributed by atoms with Gasteiger partial charge in [-0.1, -0.05) is 31.4 Å². The van der Waals surface area contributed by atoms with Crippen LogP contribution in [0, 0.1) is 5.82 Å². The maximum atomic E-state index is 14.2. The Balaban J connectivity index is 2.04. The molecule has 0 spiro atoms. The van der Waals surface area contributed by atoms with E-state index in [1.165, 1.54) is 19.1 Å². The molecule has 0 bridgehead atoms. The lowest BCUT2D eigenvalue weighted by Crippen LogP contribution is -2.02. The predicted molar refractivity (Wildman–Crippen MR) is 98.3 cm³/mol. The van der Waals surface area contributed by atoms with E-state index in [1.54, 1.807) is 30.3 Å². The van der Waals surface area contributed by atoms with Crippen molar-refractivity contribution in [3.63, 3.8) is 0 Å². The highest BCUT2D eigenvalue weighted by atomic mass is 19.1. The van der Waals surface area contributed by atoms with Gasteiger partial charge in [0.15, 0.2) is 11.6 Å². The van der Waals surface area contributed by atoms with E-state index in [2.05, 4.69) is 13.2 Å². The van der Waals surface area contributed by atoms with E-state index in [-0.39, 0.29) is 11.3 Å². The summed E-state index contributed by atoms with van der Waals surface area (Å²) in [5.41, 5.74) is 1.57. The fourth-order valence-electron chi connectivity index (χ4n) is 1.94. The van der Waals surface area contributed by atoms with Gasteiger partial charge in [-0.15, -0.1) is 0 Å². The second-order valence-electron chi connectivity index (χ2n) is 5.37. The molecular formula is C21H17FO5. The zero-order chi connectivity index (χ0) is 19.8. The zero-order valence-electron chi connectivity index (χ0n) is 14.6. The molecule has 2 aromatic rings. The van der Waals surface area contributed by atoms with Gasteiger partial charge in [-0.3, -0.25) is 0 Å². The Hall–Kier alpha value is -3.67. The molecule has 2 rings (SSSR count). The Morgan fingerprint density at radius 2 is 1.70 bits per heavy atom. The standard InChI is InChI=1S/C21H17FO5/c1-4-20(23)27-17-8-5-15(6-9-17)16-7-10-19(18(22)13-16)25-11-12-26-21(24)14(2)3/h4-13H,1-2H2,3H3/b12-11-. The maximum Gasteiger partial charge on any atom is 0.338 e. The Morgan fingerprint density at radius 1 is 1.04 bits per heavy atom. The highest BCUT2D eigenvalue weighted by Crippen LogP contribution is 2.27. The fourth-order valence-corrected chi connectivity index (χ4v) is 1.94. The average Bonchev–Trinajstić information content (AvgIpc) is 2.66. The monoisotopic (exact) mass is 368 g/mol. The number of carbonyl (C=O) groups is 2. The number of hydrogen-bond donors (Lipinski definition) is 0. The van der Waals surface area contributed by atoms with Crippen molar-refractivity contribution in [3.8, 4) is 22.6 Å². The molecule has 2 aromatic carbocycles. The SMILES string of the molecule is C=CC(=O)Oc1ccc(-c2ccc(O/C=C\OC(=O)C(=C)C)c(F)c2)cc1. The van der Waals surface area contributed by atoms with Gasteiger partial charge < -0.3 is 14.2 Å². The van der Waals surface area contributed by atoms with Crippen LogP contribution in [0.1, 0.15) is 6.92 Å². The van der Waals surface area contributed by atoms with Crippen molar-refractivity contribution in [2.45, 2.75) is 6.92 Å². The first-order valence-corrected chi connectivity index (χ1v) is 7.83. The van der Waals surface area contributed by atoms with E-state index in [0.717, 1.165) is 24.2 Å². The van der Waals surface area contributed by atoms with Gasteiger partial charge in [-0.25, -0.2) is 14.0 Å². The first-order chi connectivity index (χ1) is 12.9. The van der Waals surface area contributed by atoms with Crippen LogP contribution in [-0.4, -0.2) is 11.9 Å². The number of carbonyl (C=O) groups excluding carboxylic acids is 2. The highest BCUT2D eigenvalue weighted by molar-refractivity contribution is 5.87. The minimum absolute atomic E-state index is 0.0297. The van der Waals surface area contributed by atoms with Gasteiger partial charge in [-0.05, 0) is 42.3 Å². The third-order valence-electron chi connectivity index (χ3n) is 3.28. The summed E-state index contributed by atoms with van der Waals surface area (Å²) in [7, 11) is 0. The van der Waals surface area contributed by atoms with Crippen LogP contribution >= 0.6 is 0 Å². The summed E-state index contributed by atoms with van der Waals surface area (Å²) in [6.07, 6.45) is 3.13. The third kappa shape index (κ3) is 5.67. The van der Waals surface area contributed by atoms with E-state index in [1.807, 2.05) is 0 Å². The first kappa shape index (κ1) is 19.7. The molecule has 0 fully saturated rings. The molecule has 0 unspecified atom stereocenters. The van der Waals surface area contributed by atoms with E-state index in [0.29, 0.717) is 11.3 Å². The summed E-state index contributed by atoms with van der Waals surface area (Å²) in [6.45, 7) is 8.26. The Kier molecular flexibility index (Phi) is 6.66. The minimum atomic E-state index is -0.604. The Bertz CT molecular complexity index is 897. The van der Waals surface area contributed by atoms with Gasteiger partial charge in [0.2, 0.25) is 0 Å². The first-order valence-electron chi connectivity index (χ1n) is 7.83. The van der Waals surface area contributed by atoms with Gasteiger partial charge in [-0.2, -0.15) is 0 Å². The molecule has 0 aromatic heterocycles. The minimum Gasteiger partial charge on any atom is -0.459 e. The van der Waals surface area contributed by atoms with Crippen molar-refractivity contribution >= 4 is 11.9 Å². The summed E-state index contributed by atoms with van der Waals surface area (Å²) >= 11 is 0. The number of rotatable bonds is 7. The average molecular weight is 368 g/mol. The van der Waals surface area contributed by atoms with Crippen LogP contribution in [0.5, 0.6) is 11.5 Å². The molecule has 0 aliphatic heterocycles. The number of halogens is 1. The van der Waals surface area contributed by atoms with Crippen LogP contribution in [-0.2, 0) is 14.3 Å². The summed E-state index contributed by atoms with van der Waals surface area (Å²) < 4.78 is 29.0. The van der Waals surface area contributed by atoms with Crippen molar-refractivity contribution < 1.29 is 28.2 Å². The van der Waals surface area contributed by atoms with Crippen LogP contribution in [0.15, 0.2) is 79.8 Å². The molecule has 0 atom stereocenters. The summed E-state index contributed by atoms with van der Waals surface area (Å²) in [5, 5.41) is 0. The van der Waals surface area contributed by atoms with Crippen LogP contribution in [0.3, 0.4) is 0 Å². The lowest BCUT2D eigenvalue weighted by atomic mass is 10.1. The maximum absolute atomic E-state index is 14.2. The summed E-state index contributed by atoms with van der Waals surface area (Å²) in [5.74, 6) is -1.42. The molecule has 0 radical (unpaired) electrons. The van der Waals surface area contributed by atoms with Crippen LogP contribution in [0.25, 0.3) is 11.1 Å². The van der Waals surface area contributed by atoms with Gasteiger partial charge in [0.05, 0.1) is 0 Å². The number of benzene rings is 2. The Labute approximate surface area is 156 Å². The lowest BCUT2D eigenvalue weighted by Gasteiger charge is -2.07. The third-order valence-corrected chi connectivity index (χ3v) is 3.28. The van der Waals surface area contributed by atoms with Crippen molar-refractivity contribution in [3.05, 3.63) is 85.6 Å². The fraction of sp³-hybridized carbons (Fsp3) is 0.0476. The van der Waals surface area contributed by atoms with E-state index < -0.39 is 17.8 Å². The molecule has 0 aliphatic carbocycles. The largest absolute Gasteiger partial charge is 0.459 e. The smallest absolute Gasteiger partial charge is 0.338 e. The molecule has 0 saturated heterocycles. The summed E-state index contributed by atoms with van der Waals surface area (Å²) in [6, 6.07) is 11.0. The van der Waals surface area contributed by atoms with Gasteiger partial charge in [0.1, 0.15) is 18.3 Å². The van der Waals surface area contributed by atoms with Crippen molar-refractivity contribution in [1.82, 2.24) is 0 Å². The molecule has 0 aliphatic rings. The van der Waals surface area contributed by atoms with Crippen molar-refractivity contribution in [2.75, 3.05) is 0 Å². The second kappa shape index (κ2) is 9.15. The molecule has 27 heavy (non-hydrogen) atoms. The molecule has 0 amide bonds. The molecule has 0 heterocycles. The van der Waals surface area contributed by atoms with Gasteiger partial charge in [0.25, 0.3) is 0 Å². The van der Waals surface area contributed by atoms with Crippen LogP contribution in [0.2, 0.25) is 0 Å². The highest BCUT2D eigenvalue weighted by Gasteiger charge is 2.07. The quantitative estimate of drug-likeness (QED) is 0.310. The van der Waals surface area contributed by atoms with Crippen LogP contribution < -0.4 is 9.47 Å². The zero-order valence-corrected chi connectivity index (χ0v) is 14.6. The number of hydrogen-bond acceptors (Lipinski definition) is 5. The van der Waals surface area contributed by atoms with Crippen molar-refractivity contribution in [1.29, 1.82) is 0 Å². The number of esters is 2. The molecule has 0 N–H and O–H groups in total. The van der Waals surface area contributed by atoms with E-state index >= 15 is 0 Å². The topological polar surface area (TPSA) is 61.8 Å². The van der Waals surface area contributed by atoms with E-state index in [4.69, 9.17) is 14.2 Å². The lowest BCUT2D eigenvalue weighted by molar-refractivity contribution is -0.133. The van der Waals surface area contributed by atoms with E-state index in [9.17, 15) is 14.0 Å². The summed E-state index contributed by atoms with van der Waals surface area (Å²) in [4.78, 5) is 22.3. The van der Waals surface area contributed by atoms with Crippen molar-refractivity contribution in [2.24, 2.45) is 0 Å². The second-order valence-corrected chi connectivity index (χ2v) is 5.37. The normalized spacial score (nSPS) is 10.3. The molecule has 0 saturated carbocycles. The van der Waals surface area contributed by atoms with Crippen LogP contribution in [0.4, 0.5) is 4.39 Å². The number of ether oxygens (including phenoxy) is 3. The Morgan fingerprint density at radius 3 is 2.30 bits per heavy atom. The molecule has 5 nitrogen and oxygen atoms in total. The van der Waals surface area contributed by atoms with Gasteiger partial charge in [0, 0.05) is 11.6 Å². The predicted octanol–water partition coefficient (Wildman–Crippen LogP) is 4.55. The van der Waals surface area contributed by atoms with Gasteiger partial charge >= 0.3 is 11.9 Å².